The highest BCUT2D eigenvalue weighted by Crippen LogP contribution is 2.44. The Hall–Kier alpha value is -4.70. The maximum absolute atomic E-state index is 14.5. The molecule has 2 atom stereocenters. The minimum absolute atomic E-state index is 0.0350. The van der Waals surface area contributed by atoms with Gasteiger partial charge in [0.25, 0.3) is 5.91 Å². The molecule has 2 N–H and O–H groups in total. The molecule has 5 rings (SSSR count). The smallest absolute Gasteiger partial charge is 0.252 e. The molecule has 0 saturated heterocycles. The second kappa shape index (κ2) is 15.5. The number of carbonyl (C=O) groups excluding carboxylic acids is 1. The molecule has 0 aromatic heterocycles. The minimum Gasteiger partial charge on any atom is -0.494 e. The van der Waals surface area contributed by atoms with Gasteiger partial charge >= 0.3 is 0 Å². The largest absolute Gasteiger partial charge is 0.494 e. The van der Waals surface area contributed by atoms with E-state index < -0.39 is 11.6 Å². The number of nitrogens with one attached hydrogen (secondary N) is 1. The van der Waals surface area contributed by atoms with Crippen LogP contribution in [0.4, 0.5) is 4.39 Å². The summed E-state index contributed by atoms with van der Waals surface area (Å²) in [6.07, 6.45) is 0.0787. The second-order valence-electron chi connectivity index (χ2n) is 10.7. The van der Waals surface area contributed by atoms with Crippen molar-refractivity contribution in [2.45, 2.75) is 37.5 Å². The first-order valence-corrected chi connectivity index (χ1v) is 15.7. The molecule has 4 aromatic carbocycles. The van der Waals surface area contributed by atoms with E-state index in [4.69, 9.17) is 25.1 Å². The number of aliphatic hydroxyl groups excluding tert-OH is 1. The van der Waals surface area contributed by atoms with Gasteiger partial charge < -0.3 is 19.9 Å². The molecule has 0 unspecified atom stereocenters. The van der Waals surface area contributed by atoms with E-state index in [9.17, 15) is 9.18 Å². The van der Waals surface area contributed by atoms with Gasteiger partial charge in [0.05, 0.1) is 13.2 Å². The Morgan fingerprint density at radius 2 is 1.72 bits per heavy atom. The number of halogens is 2. The number of aliphatic imine (C=N–C) groups is 1. The van der Waals surface area contributed by atoms with E-state index in [1.807, 2.05) is 48.5 Å². The molecule has 1 aliphatic rings. The molecule has 1 heterocycles. The lowest BCUT2D eigenvalue weighted by atomic mass is 9.80. The molecule has 0 fully saturated rings. The number of hydrogen-bond acceptors (Lipinski definition) is 6. The van der Waals surface area contributed by atoms with Crippen LogP contribution in [0.1, 0.15) is 40.3 Å². The SMILES string of the molecule is [N-]=[N+]=NCc1ccccc1[C@H]1OC(c2ccc(OCCCO)cc2)=N[C@@]1(Cc1ccccc1Br)C(=O)NCCc1ccccc1F. The number of rotatable bonds is 14. The normalized spacial score (nSPS) is 17.0. The van der Waals surface area contributed by atoms with Crippen molar-refractivity contribution in [1.82, 2.24) is 5.32 Å². The van der Waals surface area contributed by atoms with E-state index in [0.717, 1.165) is 10.0 Å². The summed E-state index contributed by atoms with van der Waals surface area (Å²) in [5.41, 5.74) is 10.9. The number of amides is 1. The first-order valence-electron chi connectivity index (χ1n) is 14.9. The van der Waals surface area contributed by atoms with Gasteiger partial charge in [-0.15, -0.1) is 0 Å². The summed E-state index contributed by atoms with van der Waals surface area (Å²) in [5.74, 6) is 0.166. The monoisotopic (exact) mass is 685 g/mol. The number of nitrogens with zero attached hydrogens (tertiary/aromatic N) is 4. The number of hydrogen-bond donors (Lipinski definition) is 2. The van der Waals surface area contributed by atoms with Crippen molar-refractivity contribution in [2.24, 2.45) is 10.1 Å². The third-order valence-corrected chi connectivity index (χ3v) is 8.50. The zero-order valence-corrected chi connectivity index (χ0v) is 26.6. The summed E-state index contributed by atoms with van der Waals surface area (Å²) >= 11 is 3.64. The van der Waals surface area contributed by atoms with Gasteiger partial charge in [-0.25, -0.2) is 9.38 Å². The van der Waals surface area contributed by atoms with Crippen LogP contribution in [0.2, 0.25) is 0 Å². The molecule has 4 aromatic rings. The van der Waals surface area contributed by atoms with Crippen LogP contribution in [-0.4, -0.2) is 42.2 Å². The lowest BCUT2D eigenvalue weighted by molar-refractivity contribution is -0.128. The van der Waals surface area contributed by atoms with Crippen LogP contribution in [0.5, 0.6) is 5.75 Å². The Morgan fingerprint density at radius 1 is 1.02 bits per heavy atom. The lowest BCUT2D eigenvalue weighted by Gasteiger charge is -2.32. The number of azide groups is 1. The van der Waals surface area contributed by atoms with Crippen molar-refractivity contribution in [3.63, 3.8) is 0 Å². The van der Waals surface area contributed by atoms with E-state index in [-0.39, 0.29) is 50.2 Å². The van der Waals surface area contributed by atoms with Crippen LogP contribution < -0.4 is 10.1 Å². The van der Waals surface area contributed by atoms with Crippen LogP contribution in [0.15, 0.2) is 112 Å². The fourth-order valence-electron chi connectivity index (χ4n) is 5.40. The second-order valence-corrected chi connectivity index (χ2v) is 11.6. The Bertz CT molecular complexity index is 1750. The van der Waals surface area contributed by atoms with Gasteiger partial charge in [0, 0.05) is 40.9 Å². The summed E-state index contributed by atoms with van der Waals surface area (Å²) in [7, 11) is 0. The number of carbonyl (C=O) groups is 1. The fourth-order valence-corrected chi connectivity index (χ4v) is 5.82. The molecular formula is C35H33BrFN5O4. The van der Waals surface area contributed by atoms with E-state index >= 15 is 0 Å². The van der Waals surface area contributed by atoms with Crippen molar-refractivity contribution in [2.75, 3.05) is 19.8 Å². The molecule has 0 aliphatic carbocycles. The highest BCUT2D eigenvalue weighted by molar-refractivity contribution is 9.10. The van der Waals surface area contributed by atoms with E-state index in [1.54, 1.807) is 42.5 Å². The van der Waals surface area contributed by atoms with Gasteiger partial charge in [0.1, 0.15) is 11.6 Å². The van der Waals surface area contributed by atoms with Gasteiger partial charge in [-0.1, -0.05) is 81.7 Å². The molecule has 0 spiro atoms. The van der Waals surface area contributed by atoms with E-state index in [2.05, 4.69) is 31.3 Å². The molecule has 9 nitrogen and oxygen atoms in total. The van der Waals surface area contributed by atoms with Crippen molar-refractivity contribution in [1.29, 1.82) is 0 Å². The molecule has 0 radical (unpaired) electrons. The molecule has 0 saturated carbocycles. The minimum atomic E-state index is -1.49. The van der Waals surface area contributed by atoms with Gasteiger partial charge in [-0.05, 0) is 70.6 Å². The quantitative estimate of drug-likeness (QED) is 0.0640. The van der Waals surface area contributed by atoms with Gasteiger partial charge in [0.15, 0.2) is 11.6 Å². The van der Waals surface area contributed by atoms with Crippen LogP contribution in [0, 0.1) is 5.82 Å². The van der Waals surface area contributed by atoms with Gasteiger partial charge in [-0.2, -0.15) is 0 Å². The molecule has 0 bridgehead atoms. The van der Waals surface area contributed by atoms with Crippen molar-refractivity contribution >= 4 is 27.7 Å². The summed E-state index contributed by atoms with van der Waals surface area (Å²) in [6.45, 7) is 0.643. The lowest BCUT2D eigenvalue weighted by Crippen LogP contribution is -2.50. The highest BCUT2D eigenvalue weighted by atomic mass is 79.9. The van der Waals surface area contributed by atoms with E-state index in [0.29, 0.717) is 41.0 Å². The van der Waals surface area contributed by atoms with E-state index in [1.165, 1.54) is 6.07 Å². The Labute approximate surface area is 274 Å². The Kier molecular flexibility index (Phi) is 11.0. The summed E-state index contributed by atoms with van der Waals surface area (Å²) < 4.78 is 27.5. The van der Waals surface area contributed by atoms with Crippen LogP contribution in [0.25, 0.3) is 10.4 Å². The van der Waals surface area contributed by atoms with Crippen molar-refractivity contribution in [3.8, 4) is 5.75 Å². The number of ether oxygens (including phenoxy) is 2. The van der Waals surface area contributed by atoms with Gasteiger partial charge in [0.2, 0.25) is 5.90 Å². The average molecular weight is 687 g/mol. The Morgan fingerprint density at radius 3 is 2.43 bits per heavy atom. The molecule has 11 heteroatoms. The summed E-state index contributed by atoms with van der Waals surface area (Å²) in [4.78, 5) is 22.5. The molecule has 236 valence electrons. The topological polar surface area (TPSA) is 129 Å². The van der Waals surface area contributed by atoms with Crippen molar-refractivity contribution in [3.05, 3.63) is 146 Å². The van der Waals surface area contributed by atoms with Crippen LogP contribution in [-0.2, 0) is 28.9 Å². The molecule has 1 amide bonds. The highest BCUT2D eigenvalue weighted by Gasteiger charge is 2.54. The third kappa shape index (κ3) is 7.56. The summed E-state index contributed by atoms with van der Waals surface area (Å²) in [5, 5.41) is 15.9. The predicted molar refractivity (Wildman–Crippen MR) is 177 cm³/mol. The maximum Gasteiger partial charge on any atom is 0.252 e. The number of benzene rings is 4. The summed E-state index contributed by atoms with van der Waals surface area (Å²) in [6, 6.07) is 28.6. The standard InChI is InChI=1S/C35H33BrFN5O4/c36-30-12-5-2-9-26(30)22-35(34(44)39-19-18-24-8-3-6-13-31(24)37)32(29-11-4-1-10-27(29)23-40-42-38)46-33(41-35)25-14-16-28(17-15-25)45-21-7-20-43/h1-6,8-17,32,43H,7,18-23H2,(H,39,44)/t32-,35-/m1/s1. The third-order valence-electron chi connectivity index (χ3n) is 7.73. The van der Waals surface area contributed by atoms with Crippen molar-refractivity contribution < 1.29 is 23.8 Å². The van der Waals surface area contributed by atoms with Crippen LogP contribution >= 0.6 is 15.9 Å². The fraction of sp³-hybridized carbons (Fsp3) is 0.257. The molecule has 1 aliphatic heterocycles. The maximum atomic E-state index is 14.5. The van der Waals surface area contributed by atoms with Gasteiger partial charge in [-0.3, -0.25) is 4.79 Å². The predicted octanol–water partition coefficient (Wildman–Crippen LogP) is 7.02. The number of aliphatic hydroxyl groups is 1. The van der Waals surface area contributed by atoms with Crippen LogP contribution in [0.3, 0.4) is 0 Å². The zero-order valence-electron chi connectivity index (χ0n) is 25.0. The average Bonchev–Trinajstić information content (AvgIpc) is 3.46. The Balaban J connectivity index is 1.58. The molecule has 46 heavy (non-hydrogen) atoms. The molecular weight excluding hydrogens is 653 g/mol. The first-order chi connectivity index (χ1) is 22.4. The first kappa shape index (κ1) is 32.7. The zero-order chi connectivity index (χ0) is 32.4.